The van der Waals surface area contributed by atoms with Crippen molar-refractivity contribution in [3.05, 3.63) is 259 Å². The summed E-state index contributed by atoms with van der Waals surface area (Å²) >= 11 is 1.86. The van der Waals surface area contributed by atoms with Crippen molar-refractivity contribution in [1.29, 1.82) is 0 Å². The molecular weight excluding hydrogens is 755 g/mol. The van der Waals surface area contributed by atoms with Crippen LogP contribution >= 0.6 is 11.3 Å². The molecule has 0 fully saturated rings. The van der Waals surface area contributed by atoms with Gasteiger partial charge in [0, 0.05) is 37.1 Å². The fourth-order valence-electron chi connectivity index (χ4n) is 10.1. The van der Waals surface area contributed by atoms with E-state index in [-0.39, 0.29) is 0 Å². The molecule has 0 atom stereocenters. The van der Waals surface area contributed by atoms with Crippen molar-refractivity contribution >= 4 is 59.3 Å². The minimum atomic E-state index is -0.497. The zero-order chi connectivity index (χ0) is 40.3. The van der Waals surface area contributed by atoms with Crippen LogP contribution in [-0.4, -0.2) is 0 Å². The standard InChI is InChI=1S/C59H39NS/c1-3-20-44(21-4-1)59(45-22-5-2-6-23-45)53-28-11-9-26-51(53)58-54(59)29-15-30-55(58)60(47-36-37-57-52(39-47)50-25-10-12-31-56(50)61-57)46-34-32-40(33-35-46)42-18-13-19-43(38-42)49-27-14-17-41-16-7-8-24-48(41)49/h1-39H. The Balaban J connectivity index is 1.07. The number of rotatable bonds is 7. The Morgan fingerprint density at radius 3 is 1.75 bits per heavy atom. The van der Waals surface area contributed by atoms with Crippen molar-refractivity contribution in [2.45, 2.75) is 5.41 Å². The minimum absolute atomic E-state index is 0.497. The lowest BCUT2D eigenvalue weighted by molar-refractivity contribution is 0.768. The van der Waals surface area contributed by atoms with E-state index in [0.29, 0.717) is 0 Å². The molecule has 0 amide bonds. The third-order valence-electron chi connectivity index (χ3n) is 12.7. The number of fused-ring (bicyclic) bond motifs is 7. The quantitative estimate of drug-likeness (QED) is 0.155. The number of anilines is 3. The minimum Gasteiger partial charge on any atom is -0.310 e. The molecule has 0 aliphatic heterocycles. The van der Waals surface area contributed by atoms with Crippen LogP contribution < -0.4 is 4.90 Å². The Labute approximate surface area is 360 Å². The lowest BCUT2D eigenvalue weighted by Crippen LogP contribution is -2.28. The third kappa shape index (κ3) is 5.60. The molecule has 1 nitrogen and oxygen atoms in total. The highest BCUT2D eigenvalue weighted by atomic mass is 32.1. The zero-order valence-corrected chi connectivity index (χ0v) is 34.2. The average Bonchev–Trinajstić information content (AvgIpc) is 3.86. The summed E-state index contributed by atoms with van der Waals surface area (Å²) in [6.45, 7) is 0. The van der Waals surface area contributed by atoms with Crippen molar-refractivity contribution in [3.63, 3.8) is 0 Å². The van der Waals surface area contributed by atoms with Gasteiger partial charge in [-0.15, -0.1) is 11.3 Å². The smallest absolute Gasteiger partial charge is 0.0714 e. The molecule has 1 aromatic heterocycles. The lowest BCUT2D eigenvalue weighted by atomic mass is 9.68. The van der Waals surface area contributed by atoms with E-state index in [2.05, 4.69) is 241 Å². The second kappa shape index (κ2) is 14.3. The predicted molar refractivity (Wildman–Crippen MR) is 260 cm³/mol. The van der Waals surface area contributed by atoms with Gasteiger partial charge in [-0.2, -0.15) is 0 Å². The molecular formula is C59H39NS. The zero-order valence-electron chi connectivity index (χ0n) is 33.4. The van der Waals surface area contributed by atoms with E-state index >= 15 is 0 Å². The molecule has 0 spiro atoms. The second-order valence-electron chi connectivity index (χ2n) is 16.0. The van der Waals surface area contributed by atoms with E-state index in [0.717, 1.165) is 17.1 Å². The van der Waals surface area contributed by atoms with Gasteiger partial charge in [-0.05, 0) is 109 Å². The molecule has 1 heterocycles. The van der Waals surface area contributed by atoms with E-state index in [9.17, 15) is 0 Å². The van der Waals surface area contributed by atoms with Crippen LogP contribution in [0, 0.1) is 0 Å². The van der Waals surface area contributed by atoms with Crippen LogP contribution in [0.2, 0.25) is 0 Å². The van der Waals surface area contributed by atoms with Crippen LogP contribution in [-0.2, 0) is 5.41 Å². The first-order valence-corrected chi connectivity index (χ1v) is 21.8. The van der Waals surface area contributed by atoms with Gasteiger partial charge in [0.1, 0.15) is 0 Å². The molecule has 286 valence electrons. The van der Waals surface area contributed by atoms with Gasteiger partial charge in [0.05, 0.1) is 11.1 Å². The average molecular weight is 794 g/mol. The molecule has 0 saturated carbocycles. The van der Waals surface area contributed by atoms with Crippen LogP contribution in [0.25, 0.3) is 64.3 Å². The Morgan fingerprint density at radius 2 is 0.934 bits per heavy atom. The highest BCUT2D eigenvalue weighted by Gasteiger charge is 2.47. The Hall–Kier alpha value is -7.52. The van der Waals surface area contributed by atoms with Gasteiger partial charge in [0.15, 0.2) is 0 Å². The van der Waals surface area contributed by atoms with Gasteiger partial charge < -0.3 is 4.90 Å². The number of hydrogen-bond acceptors (Lipinski definition) is 2. The molecule has 11 aromatic rings. The van der Waals surface area contributed by atoms with Crippen molar-refractivity contribution in [3.8, 4) is 33.4 Å². The van der Waals surface area contributed by atoms with Gasteiger partial charge >= 0.3 is 0 Å². The number of nitrogens with zero attached hydrogens (tertiary/aromatic N) is 1. The molecule has 0 saturated heterocycles. The molecule has 61 heavy (non-hydrogen) atoms. The Bertz CT molecular complexity index is 3370. The molecule has 10 aromatic carbocycles. The summed E-state index contributed by atoms with van der Waals surface area (Å²) in [4.78, 5) is 2.49. The Kier molecular flexibility index (Phi) is 8.33. The first kappa shape index (κ1) is 35.4. The molecule has 0 bridgehead atoms. The lowest BCUT2D eigenvalue weighted by Gasteiger charge is -2.34. The van der Waals surface area contributed by atoms with E-state index in [4.69, 9.17) is 0 Å². The number of hydrogen-bond donors (Lipinski definition) is 0. The topological polar surface area (TPSA) is 3.24 Å². The molecule has 1 aliphatic carbocycles. The molecule has 0 N–H and O–H groups in total. The largest absolute Gasteiger partial charge is 0.310 e. The Morgan fingerprint density at radius 1 is 0.344 bits per heavy atom. The summed E-state index contributed by atoms with van der Waals surface area (Å²) in [6, 6.07) is 87.3. The maximum Gasteiger partial charge on any atom is 0.0714 e. The van der Waals surface area contributed by atoms with Crippen LogP contribution in [0.3, 0.4) is 0 Å². The fraction of sp³-hybridized carbons (Fsp3) is 0.0169. The van der Waals surface area contributed by atoms with Crippen LogP contribution in [0.1, 0.15) is 22.3 Å². The van der Waals surface area contributed by atoms with Crippen LogP contribution in [0.5, 0.6) is 0 Å². The van der Waals surface area contributed by atoms with Gasteiger partial charge in [0.2, 0.25) is 0 Å². The molecule has 0 radical (unpaired) electrons. The highest BCUT2D eigenvalue weighted by molar-refractivity contribution is 7.25. The maximum absolute atomic E-state index is 2.49. The normalized spacial score (nSPS) is 12.7. The number of thiophene rings is 1. The summed E-state index contributed by atoms with van der Waals surface area (Å²) in [5, 5.41) is 5.09. The molecule has 1 aliphatic rings. The van der Waals surface area contributed by atoms with Crippen LogP contribution in [0.15, 0.2) is 237 Å². The molecule has 12 rings (SSSR count). The molecule has 2 heteroatoms. The van der Waals surface area contributed by atoms with Crippen molar-refractivity contribution in [2.75, 3.05) is 4.90 Å². The third-order valence-corrected chi connectivity index (χ3v) is 13.9. The fourth-order valence-corrected chi connectivity index (χ4v) is 11.2. The number of benzene rings is 10. The first-order chi connectivity index (χ1) is 30.3. The maximum atomic E-state index is 2.49. The van der Waals surface area contributed by atoms with Crippen molar-refractivity contribution in [1.82, 2.24) is 0 Å². The predicted octanol–water partition coefficient (Wildman–Crippen LogP) is 16.4. The summed E-state index contributed by atoms with van der Waals surface area (Å²) in [5.41, 5.74) is 15.4. The van der Waals surface area contributed by atoms with E-state index < -0.39 is 5.41 Å². The highest BCUT2D eigenvalue weighted by Crippen LogP contribution is 2.59. The SMILES string of the molecule is c1ccc(C2(c3ccccc3)c3ccccc3-c3c(N(c4ccc(-c5cccc(-c6cccc7ccccc67)c5)cc4)c4ccc5sc6ccccc6c5c4)cccc32)cc1. The van der Waals surface area contributed by atoms with Gasteiger partial charge in [0.25, 0.3) is 0 Å². The second-order valence-corrected chi connectivity index (χ2v) is 17.1. The van der Waals surface area contributed by atoms with E-state index in [1.807, 2.05) is 11.3 Å². The summed E-state index contributed by atoms with van der Waals surface area (Å²) < 4.78 is 2.60. The summed E-state index contributed by atoms with van der Waals surface area (Å²) in [5.74, 6) is 0. The first-order valence-electron chi connectivity index (χ1n) is 21.0. The van der Waals surface area contributed by atoms with Crippen molar-refractivity contribution < 1.29 is 0 Å². The molecule has 0 unspecified atom stereocenters. The van der Waals surface area contributed by atoms with E-state index in [1.165, 1.54) is 86.6 Å². The van der Waals surface area contributed by atoms with Crippen molar-refractivity contribution in [2.24, 2.45) is 0 Å². The summed E-state index contributed by atoms with van der Waals surface area (Å²) in [7, 11) is 0. The summed E-state index contributed by atoms with van der Waals surface area (Å²) in [6.07, 6.45) is 0. The van der Waals surface area contributed by atoms with Gasteiger partial charge in [-0.1, -0.05) is 188 Å². The monoisotopic (exact) mass is 793 g/mol. The van der Waals surface area contributed by atoms with Crippen LogP contribution in [0.4, 0.5) is 17.1 Å². The van der Waals surface area contributed by atoms with E-state index in [1.54, 1.807) is 0 Å². The van der Waals surface area contributed by atoms with Gasteiger partial charge in [-0.3, -0.25) is 0 Å². The van der Waals surface area contributed by atoms with Gasteiger partial charge in [-0.25, -0.2) is 0 Å².